The molecule has 108 valence electrons. The zero-order valence-corrected chi connectivity index (χ0v) is 12.8. The molecule has 0 bridgehead atoms. The summed E-state index contributed by atoms with van der Waals surface area (Å²) < 4.78 is 11.5. The van der Waals surface area contributed by atoms with E-state index in [1.54, 1.807) is 0 Å². The van der Waals surface area contributed by atoms with Crippen molar-refractivity contribution in [2.24, 2.45) is 5.73 Å². The maximum absolute atomic E-state index is 6.36. The third kappa shape index (κ3) is 4.22. The minimum absolute atomic E-state index is 0.134. The number of rotatable bonds is 7. The molecule has 1 rings (SSSR count). The summed E-state index contributed by atoms with van der Waals surface area (Å²) in [5.74, 6) is 0.876. The van der Waals surface area contributed by atoms with Gasteiger partial charge in [-0.2, -0.15) is 0 Å². The first-order chi connectivity index (χ1) is 8.92. The fourth-order valence-corrected chi connectivity index (χ4v) is 2.12. The van der Waals surface area contributed by atoms with Gasteiger partial charge in [-0.15, -0.1) is 0 Å². The van der Waals surface area contributed by atoms with E-state index in [1.807, 2.05) is 45.0 Å². The Balaban J connectivity index is 2.84. The van der Waals surface area contributed by atoms with Crippen LogP contribution < -0.4 is 10.5 Å². The summed E-state index contributed by atoms with van der Waals surface area (Å²) >= 11 is 0. The van der Waals surface area contributed by atoms with Crippen LogP contribution in [0.3, 0.4) is 0 Å². The maximum atomic E-state index is 6.36. The Morgan fingerprint density at radius 3 is 2.16 bits per heavy atom. The Bertz CT molecular complexity index is 375. The molecule has 19 heavy (non-hydrogen) atoms. The van der Waals surface area contributed by atoms with Crippen molar-refractivity contribution in [1.82, 2.24) is 0 Å². The highest BCUT2D eigenvalue weighted by molar-refractivity contribution is 5.30. The lowest BCUT2D eigenvalue weighted by atomic mass is 9.88. The predicted octanol–water partition coefficient (Wildman–Crippen LogP) is 3.68. The van der Waals surface area contributed by atoms with Gasteiger partial charge in [-0.1, -0.05) is 19.1 Å². The Morgan fingerprint density at radius 1 is 1.16 bits per heavy atom. The number of ether oxygens (including phenoxy) is 2. The minimum atomic E-state index is -0.324. The molecular weight excluding hydrogens is 238 g/mol. The quantitative estimate of drug-likeness (QED) is 0.818. The van der Waals surface area contributed by atoms with Crippen LogP contribution in [0.1, 0.15) is 52.6 Å². The van der Waals surface area contributed by atoms with E-state index in [0.29, 0.717) is 6.61 Å². The zero-order chi connectivity index (χ0) is 14.5. The molecule has 0 saturated heterocycles. The van der Waals surface area contributed by atoms with Crippen LogP contribution in [0.25, 0.3) is 0 Å². The Labute approximate surface area is 117 Å². The van der Waals surface area contributed by atoms with E-state index in [0.717, 1.165) is 17.7 Å². The molecule has 3 heteroatoms. The third-order valence-electron chi connectivity index (χ3n) is 3.44. The van der Waals surface area contributed by atoms with Gasteiger partial charge < -0.3 is 15.2 Å². The van der Waals surface area contributed by atoms with Crippen LogP contribution in [-0.2, 0) is 4.74 Å². The summed E-state index contributed by atoms with van der Waals surface area (Å²) in [5, 5.41) is 0. The lowest BCUT2D eigenvalue weighted by Gasteiger charge is -2.34. The van der Waals surface area contributed by atoms with Crippen molar-refractivity contribution in [3.05, 3.63) is 29.8 Å². The van der Waals surface area contributed by atoms with E-state index < -0.39 is 0 Å². The van der Waals surface area contributed by atoms with E-state index in [-0.39, 0.29) is 17.7 Å². The monoisotopic (exact) mass is 265 g/mol. The molecule has 0 aliphatic carbocycles. The second kappa shape index (κ2) is 6.92. The highest BCUT2D eigenvalue weighted by Crippen LogP contribution is 2.31. The molecule has 0 radical (unpaired) electrons. The van der Waals surface area contributed by atoms with Gasteiger partial charge in [0.15, 0.2) is 0 Å². The fraction of sp³-hybridized carbons (Fsp3) is 0.625. The summed E-state index contributed by atoms with van der Waals surface area (Å²) in [6, 6.07) is 7.85. The fourth-order valence-electron chi connectivity index (χ4n) is 2.12. The topological polar surface area (TPSA) is 44.5 Å². The largest absolute Gasteiger partial charge is 0.491 e. The van der Waals surface area contributed by atoms with Crippen molar-refractivity contribution in [2.75, 3.05) is 6.61 Å². The highest BCUT2D eigenvalue weighted by atomic mass is 16.5. The first kappa shape index (κ1) is 16.0. The molecule has 1 aromatic carbocycles. The van der Waals surface area contributed by atoms with Gasteiger partial charge in [0.1, 0.15) is 5.75 Å². The molecule has 0 fully saturated rings. The van der Waals surface area contributed by atoms with E-state index in [2.05, 4.69) is 13.8 Å². The standard InChI is InChI=1S/C16H27NO2/c1-6-16(5,18-7-2)15(17)13-8-10-14(11-9-13)19-12(3)4/h8-12,15H,6-7,17H2,1-5H3. The molecule has 3 nitrogen and oxygen atoms in total. The third-order valence-corrected chi connectivity index (χ3v) is 3.44. The van der Waals surface area contributed by atoms with Gasteiger partial charge in [-0.3, -0.25) is 0 Å². The van der Waals surface area contributed by atoms with Gasteiger partial charge >= 0.3 is 0 Å². The molecule has 2 atom stereocenters. The van der Waals surface area contributed by atoms with Crippen molar-refractivity contribution in [3.63, 3.8) is 0 Å². The van der Waals surface area contributed by atoms with E-state index in [4.69, 9.17) is 15.2 Å². The molecule has 0 heterocycles. The first-order valence-corrected chi connectivity index (χ1v) is 7.09. The lowest BCUT2D eigenvalue weighted by Crippen LogP contribution is -2.40. The second-order valence-corrected chi connectivity index (χ2v) is 5.31. The molecule has 0 spiro atoms. The summed E-state index contributed by atoms with van der Waals surface area (Å²) in [5.41, 5.74) is 7.11. The normalized spacial score (nSPS) is 16.2. The molecule has 0 aromatic heterocycles. The number of benzene rings is 1. The van der Waals surface area contributed by atoms with Crippen LogP contribution in [0.4, 0.5) is 0 Å². The van der Waals surface area contributed by atoms with Gasteiger partial charge in [-0.25, -0.2) is 0 Å². The van der Waals surface area contributed by atoms with Gasteiger partial charge in [0, 0.05) is 6.61 Å². The van der Waals surface area contributed by atoms with E-state index >= 15 is 0 Å². The Kier molecular flexibility index (Phi) is 5.83. The van der Waals surface area contributed by atoms with Gasteiger partial charge in [0.05, 0.1) is 17.7 Å². The number of hydrogen-bond acceptors (Lipinski definition) is 3. The summed E-state index contributed by atoms with van der Waals surface area (Å²) in [6.07, 6.45) is 1.07. The average Bonchev–Trinajstić information content (AvgIpc) is 2.38. The summed E-state index contributed by atoms with van der Waals surface area (Å²) in [6.45, 7) is 10.9. The highest BCUT2D eigenvalue weighted by Gasteiger charge is 2.31. The Morgan fingerprint density at radius 2 is 1.74 bits per heavy atom. The van der Waals surface area contributed by atoms with Crippen molar-refractivity contribution < 1.29 is 9.47 Å². The van der Waals surface area contributed by atoms with Crippen LogP contribution in [-0.4, -0.2) is 18.3 Å². The van der Waals surface area contributed by atoms with E-state index in [1.165, 1.54) is 0 Å². The molecule has 0 amide bonds. The molecule has 1 aromatic rings. The molecule has 0 saturated carbocycles. The molecular formula is C16H27NO2. The smallest absolute Gasteiger partial charge is 0.119 e. The summed E-state index contributed by atoms with van der Waals surface area (Å²) in [7, 11) is 0. The average molecular weight is 265 g/mol. The van der Waals surface area contributed by atoms with Crippen molar-refractivity contribution in [2.45, 2.75) is 58.8 Å². The van der Waals surface area contributed by atoms with Crippen molar-refractivity contribution in [1.29, 1.82) is 0 Å². The van der Waals surface area contributed by atoms with Crippen LogP contribution in [0, 0.1) is 0 Å². The SMILES string of the molecule is CCOC(C)(CC)C(N)c1ccc(OC(C)C)cc1. The first-order valence-electron chi connectivity index (χ1n) is 7.09. The molecule has 2 N–H and O–H groups in total. The van der Waals surface area contributed by atoms with Crippen LogP contribution in [0.5, 0.6) is 5.75 Å². The molecule has 2 unspecified atom stereocenters. The predicted molar refractivity (Wildman–Crippen MR) is 79.5 cm³/mol. The molecule has 0 aliphatic rings. The maximum Gasteiger partial charge on any atom is 0.119 e. The second-order valence-electron chi connectivity index (χ2n) is 5.31. The van der Waals surface area contributed by atoms with E-state index in [9.17, 15) is 0 Å². The molecule has 0 aliphatic heterocycles. The zero-order valence-electron chi connectivity index (χ0n) is 12.8. The number of nitrogens with two attached hydrogens (primary N) is 1. The summed E-state index contributed by atoms with van der Waals surface area (Å²) in [4.78, 5) is 0. The van der Waals surface area contributed by atoms with Crippen LogP contribution in [0.15, 0.2) is 24.3 Å². The van der Waals surface area contributed by atoms with Gasteiger partial charge in [-0.05, 0) is 51.8 Å². The lowest BCUT2D eigenvalue weighted by molar-refractivity contribution is -0.0472. The minimum Gasteiger partial charge on any atom is -0.491 e. The Hall–Kier alpha value is -1.06. The van der Waals surface area contributed by atoms with Gasteiger partial charge in [0.2, 0.25) is 0 Å². The number of hydrogen-bond donors (Lipinski definition) is 1. The van der Waals surface area contributed by atoms with Crippen LogP contribution >= 0.6 is 0 Å². The van der Waals surface area contributed by atoms with Gasteiger partial charge in [0.25, 0.3) is 0 Å². The van der Waals surface area contributed by atoms with Crippen molar-refractivity contribution >= 4 is 0 Å². The van der Waals surface area contributed by atoms with Crippen molar-refractivity contribution in [3.8, 4) is 5.75 Å². The van der Waals surface area contributed by atoms with Crippen LogP contribution in [0.2, 0.25) is 0 Å².